The Morgan fingerprint density at radius 1 is 1.16 bits per heavy atom. The van der Waals surface area contributed by atoms with Gasteiger partial charge in [-0.05, 0) is 58.7 Å². The Balaban J connectivity index is 2.25. The van der Waals surface area contributed by atoms with Crippen molar-refractivity contribution in [2.24, 2.45) is 0 Å². The molecule has 0 radical (unpaired) electrons. The molecule has 0 bridgehead atoms. The van der Waals surface area contributed by atoms with Gasteiger partial charge in [-0.2, -0.15) is 0 Å². The van der Waals surface area contributed by atoms with Crippen LogP contribution in [-0.4, -0.2) is 0 Å². The molecule has 0 aliphatic heterocycles. The van der Waals surface area contributed by atoms with Crippen molar-refractivity contribution in [1.82, 2.24) is 0 Å². The quantitative estimate of drug-likeness (QED) is 0.698. The lowest BCUT2D eigenvalue weighted by Gasteiger charge is -2.18. The fraction of sp³-hybridized carbons (Fsp3) is 0.143. The van der Waals surface area contributed by atoms with Gasteiger partial charge in [0, 0.05) is 14.5 Å². The van der Waals surface area contributed by atoms with Crippen molar-refractivity contribution in [2.75, 3.05) is 5.32 Å². The topological polar surface area (TPSA) is 12.0 Å². The number of halogens is 4. The molecule has 5 heteroatoms. The van der Waals surface area contributed by atoms with Gasteiger partial charge < -0.3 is 5.32 Å². The molecule has 1 unspecified atom stereocenters. The van der Waals surface area contributed by atoms with Crippen molar-refractivity contribution in [3.8, 4) is 0 Å². The number of rotatable bonds is 3. The highest BCUT2D eigenvalue weighted by Crippen LogP contribution is 2.31. The molecule has 1 N–H and O–H groups in total. The van der Waals surface area contributed by atoms with Crippen LogP contribution in [0.15, 0.2) is 40.9 Å². The number of hydrogen-bond donors (Lipinski definition) is 1. The third-order valence-corrected chi connectivity index (χ3v) is 3.98. The van der Waals surface area contributed by atoms with Gasteiger partial charge in [0.25, 0.3) is 0 Å². The van der Waals surface area contributed by atoms with E-state index >= 15 is 0 Å². The molecule has 2 rings (SSSR count). The number of nitrogens with one attached hydrogen (secondary N) is 1. The lowest BCUT2D eigenvalue weighted by Crippen LogP contribution is -2.08. The molecule has 1 atom stereocenters. The third kappa shape index (κ3) is 3.62. The fourth-order valence-electron chi connectivity index (χ4n) is 1.77. The molecule has 2 aromatic carbocycles. The average molecular weight is 363 g/mol. The van der Waals surface area contributed by atoms with Crippen molar-refractivity contribution < 1.29 is 4.39 Å². The Kier molecular flexibility index (Phi) is 4.71. The summed E-state index contributed by atoms with van der Waals surface area (Å²) >= 11 is 15.4. The molecule has 0 aliphatic carbocycles. The Labute approximate surface area is 129 Å². The molecule has 1 nitrogen and oxygen atoms in total. The lowest BCUT2D eigenvalue weighted by atomic mass is 10.1. The van der Waals surface area contributed by atoms with Crippen LogP contribution in [0, 0.1) is 5.82 Å². The van der Waals surface area contributed by atoms with Gasteiger partial charge in [-0.1, -0.05) is 29.3 Å². The highest BCUT2D eigenvalue weighted by molar-refractivity contribution is 9.10. The summed E-state index contributed by atoms with van der Waals surface area (Å²) < 4.78 is 14.0. The maximum atomic E-state index is 13.2. The standard InChI is InChI=1S/C14H11BrCl2FN/c1-8(11-4-2-9(16)6-13(11)17)19-14-7-10(18)3-5-12(14)15/h2-8,19H,1H3. The van der Waals surface area contributed by atoms with Crippen LogP contribution in [0.25, 0.3) is 0 Å². The predicted octanol–water partition coefficient (Wildman–Crippen LogP) is 6.07. The summed E-state index contributed by atoms with van der Waals surface area (Å²) in [6, 6.07) is 9.75. The first-order chi connectivity index (χ1) is 8.97. The molecule has 0 saturated carbocycles. The van der Waals surface area contributed by atoms with Gasteiger partial charge in [-0.25, -0.2) is 4.39 Å². The molecule has 0 saturated heterocycles. The highest BCUT2D eigenvalue weighted by atomic mass is 79.9. The average Bonchev–Trinajstić information content (AvgIpc) is 2.33. The zero-order valence-corrected chi connectivity index (χ0v) is 13.2. The first-order valence-corrected chi connectivity index (χ1v) is 7.19. The van der Waals surface area contributed by atoms with Crippen LogP contribution in [0.3, 0.4) is 0 Å². The summed E-state index contributed by atoms with van der Waals surface area (Å²) in [7, 11) is 0. The van der Waals surface area contributed by atoms with Crippen molar-refractivity contribution in [3.05, 3.63) is 62.3 Å². The molecular weight excluding hydrogens is 352 g/mol. The fourth-order valence-corrected chi connectivity index (χ4v) is 2.71. The molecule has 19 heavy (non-hydrogen) atoms. The summed E-state index contributed by atoms with van der Waals surface area (Å²) in [4.78, 5) is 0. The van der Waals surface area contributed by atoms with Crippen LogP contribution in [0.4, 0.5) is 10.1 Å². The summed E-state index contributed by atoms with van der Waals surface area (Å²) in [5.74, 6) is -0.292. The maximum Gasteiger partial charge on any atom is 0.125 e. The minimum absolute atomic E-state index is 0.0668. The zero-order valence-electron chi connectivity index (χ0n) is 10.1. The first kappa shape index (κ1) is 14.6. The van der Waals surface area contributed by atoms with Crippen molar-refractivity contribution in [1.29, 1.82) is 0 Å². The largest absolute Gasteiger partial charge is 0.377 e. The summed E-state index contributed by atoms with van der Waals surface area (Å²) in [5.41, 5.74) is 1.58. The Morgan fingerprint density at radius 3 is 2.58 bits per heavy atom. The lowest BCUT2D eigenvalue weighted by molar-refractivity contribution is 0.627. The van der Waals surface area contributed by atoms with E-state index in [1.54, 1.807) is 18.2 Å². The molecule has 0 amide bonds. The normalized spacial score (nSPS) is 12.3. The minimum atomic E-state index is -0.292. The smallest absolute Gasteiger partial charge is 0.125 e. The van der Waals surface area contributed by atoms with E-state index in [1.165, 1.54) is 12.1 Å². The van der Waals surface area contributed by atoms with E-state index < -0.39 is 0 Å². The van der Waals surface area contributed by atoms with E-state index in [-0.39, 0.29) is 11.9 Å². The molecule has 2 aromatic rings. The second-order valence-electron chi connectivity index (χ2n) is 4.16. The van der Waals surface area contributed by atoms with E-state index in [2.05, 4.69) is 21.2 Å². The van der Waals surface area contributed by atoms with Crippen LogP contribution < -0.4 is 5.32 Å². The number of hydrogen-bond acceptors (Lipinski definition) is 1. The van der Waals surface area contributed by atoms with Gasteiger partial charge >= 0.3 is 0 Å². The summed E-state index contributed by atoms with van der Waals surface area (Å²) in [5, 5.41) is 4.39. The van der Waals surface area contributed by atoms with Crippen molar-refractivity contribution in [3.63, 3.8) is 0 Å². The Bertz CT molecular complexity index is 604. The summed E-state index contributed by atoms with van der Waals surface area (Å²) in [6.07, 6.45) is 0. The van der Waals surface area contributed by atoms with E-state index in [0.717, 1.165) is 10.0 Å². The summed E-state index contributed by atoms with van der Waals surface area (Å²) in [6.45, 7) is 1.95. The SMILES string of the molecule is CC(Nc1cc(F)ccc1Br)c1ccc(Cl)cc1Cl. The molecule has 100 valence electrons. The van der Waals surface area contributed by atoms with Gasteiger partial charge in [0.1, 0.15) is 5.82 Å². The van der Waals surface area contributed by atoms with Gasteiger partial charge in [0.2, 0.25) is 0 Å². The molecule has 0 aromatic heterocycles. The van der Waals surface area contributed by atoms with Crippen LogP contribution in [-0.2, 0) is 0 Å². The van der Waals surface area contributed by atoms with Crippen LogP contribution >= 0.6 is 39.1 Å². The third-order valence-electron chi connectivity index (χ3n) is 2.73. The van der Waals surface area contributed by atoms with Gasteiger partial charge in [0.05, 0.1) is 11.7 Å². The van der Waals surface area contributed by atoms with E-state index in [4.69, 9.17) is 23.2 Å². The van der Waals surface area contributed by atoms with Crippen molar-refractivity contribution in [2.45, 2.75) is 13.0 Å². The first-order valence-electron chi connectivity index (χ1n) is 5.64. The van der Waals surface area contributed by atoms with E-state index in [0.29, 0.717) is 15.7 Å². The number of benzene rings is 2. The second kappa shape index (κ2) is 6.12. The molecule has 0 fully saturated rings. The van der Waals surface area contributed by atoms with Gasteiger partial charge in [-0.15, -0.1) is 0 Å². The Hall–Kier alpha value is -0.770. The Morgan fingerprint density at radius 2 is 1.89 bits per heavy atom. The van der Waals surface area contributed by atoms with Crippen LogP contribution in [0.1, 0.15) is 18.5 Å². The van der Waals surface area contributed by atoms with Gasteiger partial charge in [-0.3, -0.25) is 0 Å². The van der Waals surface area contributed by atoms with E-state index in [9.17, 15) is 4.39 Å². The number of anilines is 1. The van der Waals surface area contributed by atoms with Crippen LogP contribution in [0.5, 0.6) is 0 Å². The predicted molar refractivity (Wildman–Crippen MR) is 82.6 cm³/mol. The zero-order chi connectivity index (χ0) is 14.0. The molecule has 0 spiro atoms. The monoisotopic (exact) mass is 361 g/mol. The molecule has 0 heterocycles. The molecular formula is C14H11BrCl2FN. The maximum absolute atomic E-state index is 13.2. The van der Waals surface area contributed by atoms with Crippen molar-refractivity contribution >= 4 is 44.8 Å². The highest BCUT2D eigenvalue weighted by Gasteiger charge is 2.12. The minimum Gasteiger partial charge on any atom is -0.377 e. The second-order valence-corrected chi connectivity index (χ2v) is 5.85. The van der Waals surface area contributed by atoms with Gasteiger partial charge in [0.15, 0.2) is 0 Å². The van der Waals surface area contributed by atoms with Crippen LogP contribution in [0.2, 0.25) is 10.0 Å². The van der Waals surface area contributed by atoms with E-state index in [1.807, 2.05) is 13.0 Å². The molecule has 0 aliphatic rings.